The van der Waals surface area contributed by atoms with Gasteiger partial charge in [-0.05, 0) is 37.0 Å². The molecule has 1 aromatic carbocycles. The van der Waals surface area contributed by atoms with Gasteiger partial charge in [-0.15, -0.1) is 0 Å². The van der Waals surface area contributed by atoms with Crippen LogP contribution in [0.4, 0.5) is 5.69 Å². The van der Waals surface area contributed by atoms with Crippen molar-refractivity contribution in [2.75, 3.05) is 12.8 Å². The van der Waals surface area contributed by atoms with E-state index in [1.54, 1.807) is 25.3 Å². The van der Waals surface area contributed by atoms with E-state index in [9.17, 15) is 4.79 Å². The van der Waals surface area contributed by atoms with Crippen molar-refractivity contribution in [2.24, 2.45) is 5.92 Å². The Kier molecular flexibility index (Phi) is 4.88. The number of amides is 1. The lowest BCUT2D eigenvalue weighted by atomic mass is 9.83. The van der Waals surface area contributed by atoms with Crippen molar-refractivity contribution in [1.29, 1.82) is 0 Å². The molecule has 4 heteroatoms. The van der Waals surface area contributed by atoms with E-state index >= 15 is 0 Å². The van der Waals surface area contributed by atoms with Gasteiger partial charge in [0.2, 0.25) is 0 Å². The van der Waals surface area contributed by atoms with Gasteiger partial charge in [0, 0.05) is 11.6 Å². The summed E-state index contributed by atoms with van der Waals surface area (Å²) in [5, 5.41) is 3.17. The van der Waals surface area contributed by atoms with E-state index in [4.69, 9.17) is 10.5 Å². The van der Waals surface area contributed by atoms with Gasteiger partial charge in [0.1, 0.15) is 5.75 Å². The molecular formula is C16H24N2O2. The predicted octanol–water partition coefficient (Wildman–Crippen LogP) is 2.98. The number of hydrogen-bond donors (Lipinski definition) is 2. The minimum absolute atomic E-state index is 0.0373. The molecule has 1 amide bonds. The van der Waals surface area contributed by atoms with Crippen LogP contribution in [-0.4, -0.2) is 19.1 Å². The Bertz CT molecular complexity index is 474. The maximum absolute atomic E-state index is 12.3. The molecule has 1 aliphatic carbocycles. The third-order valence-corrected chi connectivity index (χ3v) is 4.24. The fourth-order valence-corrected chi connectivity index (χ4v) is 3.01. The molecule has 0 aromatic heterocycles. The molecule has 1 saturated carbocycles. The molecule has 3 N–H and O–H groups in total. The van der Waals surface area contributed by atoms with Gasteiger partial charge >= 0.3 is 0 Å². The smallest absolute Gasteiger partial charge is 0.251 e. The van der Waals surface area contributed by atoms with E-state index in [2.05, 4.69) is 12.2 Å². The first-order valence-corrected chi connectivity index (χ1v) is 7.40. The van der Waals surface area contributed by atoms with Crippen LogP contribution in [0.25, 0.3) is 0 Å². The standard InChI is InChI=1S/C16H24N2O2/c1-3-11-6-4-5-7-14(11)18-16(19)12-8-9-15(20-2)13(17)10-12/h8-11,14H,3-7,17H2,1-2H3,(H,18,19). The number of nitrogen functional groups attached to an aromatic ring is 1. The lowest BCUT2D eigenvalue weighted by molar-refractivity contribution is 0.0904. The van der Waals surface area contributed by atoms with E-state index in [0.717, 1.165) is 12.8 Å². The second-order valence-corrected chi connectivity index (χ2v) is 5.49. The maximum Gasteiger partial charge on any atom is 0.251 e. The number of methoxy groups -OCH3 is 1. The number of nitrogens with one attached hydrogen (secondary N) is 1. The van der Waals surface area contributed by atoms with Crippen molar-refractivity contribution in [1.82, 2.24) is 5.32 Å². The van der Waals surface area contributed by atoms with E-state index in [1.165, 1.54) is 19.3 Å². The number of nitrogens with two attached hydrogens (primary N) is 1. The second kappa shape index (κ2) is 6.64. The number of carbonyl (C=O) groups excluding carboxylic acids is 1. The van der Waals surface area contributed by atoms with Crippen molar-refractivity contribution in [2.45, 2.75) is 45.1 Å². The zero-order valence-corrected chi connectivity index (χ0v) is 12.3. The Morgan fingerprint density at radius 3 is 2.80 bits per heavy atom. The Morgan fingerprint density at radius 1 is 1.40 bits per heavy atom. The molecule has 2 unspecified atom stereocenters. The van der Waals surface area contributed by atoms with E-state index < -0.39 is 0 Å². The maximum atomic E-state index is 12.3. The molecule has 0 spiro atoms. The molecule has 20 heavy (non-hydrogen) atoms. The van der Waals surface area contributed by atoms with Gasteiger partial charge in [0.25, 0.3) is 5.91 Å². The number of benzene rings is 1. The van der Waals surface area contributed by atoms with Crippen LogP contribution in [0.5, 0.6) is 5.75 Å². The quantitative estimate of drug-likeness (QED) is 0.831. The first-order chi connectivity index (χ1) is 9.65. The summed E-state index contributed by atoms with van der Waals surface area (Å²) in [6.45, 7) is 2.19. The van der Waals surface area contributed by atoms with Crippen molar-refractivity contribution < 1.29 is 9.53 Å². The number of carbonyl (C=O) groups is 1. The van der Waals surface area contributed by atoms with E-state index in [-0.39, 0.29) is 5.91 Å². The topological polar surface area (TPSA) is 64.3 Å². The second-order valence-electron chi connectivity index (χ2n) is 5.49. The summed E-state index contributed by atoms with van der Waals surface area (Å²) in [4.78, 5) is 12.3. The van der Waals surface area contributed by atoms with Crippen LogP contribution in [0.1, 0.15) is 49.4 Å². The monoisotopic (exact) mass is 276 g/mol. The highest BCUT2D eigenvalue weighted by atomic mass is 16.5. The minimum Gasteiger partial charge on any atom is -0.495 e. The van der Waals surface area contributed by atoms with E-state index in [0.29, 0.717) is 29.0 Å². The number of ether oxygens (including phenoxy) is 1. The van der Waals surface area contributed by atoms with Gasteiger partial charge in [-0.1, -0.05) is 26.2 Å². The normalized spacial score (nSPS) is 22.3. The van der Waals surface area contributed by atoms with Crippen LogP contribution in [0, 0.1) is 5.92 Å². The lowest BCUT2D eigenvalue weighted by Crippen LogP contribution is -2.41. The van der Waals surface area contributed by atoms with Crippen LogP contribution >= 0.6 is 0 Å². The fraction of sp³-hybridized carbons (Fsp3) is 0.562. The summed E-state index contributed by atoms with van der Waals surface area (Å²) in [7, 11) is 1.57. The Labute approximate surface area is 120 Å². The van der Waals surface area contributed by atoms with Crippen LogP contribution in [0.3, 0.4) is 0 Å². The van der Waals surface area contributed by atoms with Crippen molar-refractivity contribution in [3.63, 3.8) is 0 Å². The zero-order valence-electron chi connectivity index (χ0n) is 12.3. The Morgan fingerprint density at radius 2 is 2.15 bits per heavy atom. The summed E-state index contributed by atoms with van der Waals surface area (Å²) in [6, 6.07) is 5.47. The van der Waals surface area contributed by atoms with Crippen LogP contribution in [0.2, 0.25) is 0 Å². The minimum atomic E-state index is -0.0373. The lowest BCUT2D eigenvalue weighted by Gasteiger charge is -2.31. The van der Waals surface area contributed by atoms with Gasteiger partial charge in [0.05, 0.1) is 12.8 Å². The molecule has 4 nitrogen and oxygen atoms in total. The molecule has 2 rings (SSSR count). The molecule has 0 radical (unpaired) electrons. The number of hydrogen-bond acceptors (Lipinski definition) is 3. The van der Waals surface area contributed by atoms with Gasteiger partial charge in [0.15, 0.2) is 0 Å². The van der Waals surface area contributed by atoms with Gasteiger partial charge in [-0.25, -0.2) is 0 Å². The highest BCUT2D eigenvalue weighted by Crippen LogP contribution is 2.27. The molecule has 1 fully saturated rings. The first kappa shape index (κ1) is 14.7. The van der Waals surface area contributed by atoms with Gasteiger partial charge in [-0.3, -0.25) is 4.79 Å². The van der Waals surface area contributed by atoms with Crippen LogP contribution in [-0.2, 0) is 0 Å². The highest BCUT2D eigenvalue weighted by Gasteiger charge is 2.25. The molecule has 0 bridgehead atoms. The molecular weight excluding hydrogens is 252 g/mol. The molecule has 2 atom stereocenters. The fourth-order valence-electron chi connectivity index (χ4n) is 3.01. The summed E-state index contributed by atoms with van der Waals surface area (Å²) in [5.74, 6) is 1.17. The van der Waals surface area contributed by atoms with Crippen molar-refractivity contribution in [3.05, 3.63) is 23.8 Å². The molecule has 0 saturated heterocycles. The third-order valence-electron chi connectivity index (χ3n) is 4.24. The first-order valence-electron chi connectivity index (χ1n) is 7.40. The average molecular weight is 276 g/mol. The molecule has 0 heterocycles. The molecule has 1 aromatic rings. The highest BCUT2D eigenvalue weighted by molar-refractivity contribution is 5.95. The largest absolute Gasteiger partial charge is 0.495 e. The Hall–Kier alpha value is -1.71. The van der Waals surface area contributed by atoms with E-state index in [1.807, 2.05) is 0 Å². The molecule has 110 valence electrons. The average Bonchev–Trinajstić information content (AvgIpc) is 2.47. The van der Waals surface area contributed by atoms with Crippen LogP contribution < -0.4 is 15.8 Å². The van der Waals surface area contributed by atoms with Crippen molar-refractivity contribution in [3.8, 4) is 5.75 Å². The molecule has 0 aliphatic heterocycles. The zero-order chi connectivity index (χ0) is 14.5. The number of rotatable bonds is 4. The van der Waals surface area contributed by atoms with Gasteiger partial charge in [-0.2, -0.15) is 0 Å². The van der Waals surface area contributed by atoms with Crippen molar-refractivity contribution >= 4 is 11.6 Å². The van der Waals surface area contributed by atoms with Crippen LogP contribution in [0.15, 0.2) is 18.2 Å². The Balaban J connectivity index is 2.05. The van der Waals surface area contributed by atoms with Gasteiger partial charge < -0.3 is 15.8 Å². The summed E-state index contributed by atoms with van der Waals surface area (Å²) >= 11 is 0. The summed E-state index contributed by atoms with van der Waals surface area (Å²) in [5.41, 5.74) is 6.95. The number of anilines is 1. The summed E-state index contributed by atoms with van der Waals surface area (Å²) in [6.07, 6.45) is 5.89. The predicted molar refractivity (Wildman–Crippen MR) is 80.9 cm³/mol. The summed E-state index contributed by atoms with van der Waals surface area (Å²) < 4.78 is 5.11. The SMILES string of the molecule is CCC1CCCCC1NC(=O)c1ccc(OC)c(N)c1. The molecule has 1 aliphatic rings. The third kappa shape index (κ3) is 3.24.